The maximum absolute atomic E-state index is 11.2. The van der Waals surface area contributed by atoms with E-state index in [0.29, 0.717) is 5.56 Å². The summed E-state index contributed by atoms with van der Waals surface area (Å²) in [7, 11) is 1.93. The molecule has 0 amide bonds. The van der Waals surface area contributed by atoms with E-state index in [0.717, 1.165) is 28.2 Å². The predicted molar refractivity (Wildman–Crippen MR) is 82.9 cm³/mol. The number of aryl methyl sites for hydroxylation is 2. The van der Waals surface area contributed by atoms with Crippen LogP contribution in [0, 0.1) is 20.8 Å². The van der Waals surface area contributed by atoms with Crippen molar-refractivity contribution in [1.82, 2.24) is 9.78 Å². The summed E-state index contributed by atoms with van der Waals surface area (Å²) < 4.78 is 1.86. The molecular formula is C16H21N3O2. The van der Waals surface area contributed by atoms with Crippen LogP contribution in [0.4, 0.5) is 5.69 Å². The average Bonchev–Trinajstić information content (AvgIpc) is 2.65. The Hall–Kier alpha value is -2.30. The quantitative estimate of drug-likeness (QED) is 0.906. The summed E-state index contributed by atoms with van der Waals surface area (Å²) in [6.07, 6.45) is 0. The van der Waals surface area contributed by atoms with Crippen LogP contribution in [0.25, 0.3) is 0 Å². The van der Waals surface area contributed by atoms with Gasteiger partial charge in [0.2, 0.25) is 0 Å². The van der Waals surface area contributed by atoms with Crippen LogP contribution < -0.4 is 5.32 Å². The van der Waals surface area contributed by atoms with Crippen molar-refractivity contribution in [1.29, 1.82) is 0 Å². The molecule has 0 aliphatic rings. The number of carboxylic acid groups (broad SMARTS) is 1. The fourth-order valence-electron chi connectivity index (χ4n) is 2.75. The topological polar surface area (TPSA) is 67.2 Å². The van der Waals surface area contributed by atoms with Crippen LogP contribution in [0.15, 0.2) is 18.2 Å². The Labute approximate surface area is 124 Å². The molecule has 21 heavy (non-hydrogen) atoms. The Balaban J connectivity index is 2.34. The van der Waals surface area contributed by atoms with E-state index in [1.807, 2.05) is 38.6 Å². The van der Waals surface area contributed by atoms with Gasteiger partial charge in [-0.3, -0.25) is 4.68 Å². The monoisotopic (exact) mass is 287 g/mol. The SMILES string of the molecule is Cc1nn(C)c(C)c1C(C)Nc1cccc(C(=O)O)c1C. The lowest BCUT2D eigenvalue weighted by Crippen LogP contribution is -2.11. The first-order valence-corrected chi connectivity index (χ1v) is 6.92. The van der Waals surface area contributed by atoms with Crippen molar-refractivity contribution >= 4 is 11.7 Å². The minimum absolute atomic E-state index is 0.0569. The average molecular weight is 287 g/mol. The zero-order chi connectivity index (χ0) is 15.7. The minimum atomic E-state index is -0.905. The summed E-state index contributed by atoms with van der Waals surface area (Å²) in [6.45, 7) is 7.90. The maximum Gasteiger partial charge on any atom is 0.336 e. The summed E-state index contributed by atoms with van der Waals surface area (Å²) in [5.74, 6) is -0.905. The van der Waals surface area contributed by atoms with Gasteiger partial charge in [-0.25, -0.2) is 4.79 Å². The molecule has 0 spiro atoms. The van der Waals surface area contributed by atoms with Crippen LogP contribution in [-0.4, -0.2) is 20.9 Å². The van der Waals surface area contributed by atoms with Gasteiger partial charge in [0.15, 0.2) is 0 Å². The largest absolute Gasteiger partial charge is 0.478 e. The van der Waals surface area contributed by atoms with Crippen LogP contribution in [-0.2, 0) is 7.05 Å². The third-order valence-electron chi connectivity index (χ3n) is 3.93. The van der Waals surface area contributed by atoms with Crippen molar-refractivity contribution in [2.45, 2.75) is 33.7 Å². The second kappa shape index (κ2) is 5.60. The van der Waals surface area contributed by atoms with Crippen molar-refractivity contribution in [2.24, 2.45) is 7.05 Å². The molecule has 0 aliphatic carbocycles. The van der Waals surface area contributed by atoms with E-state index >= 15 is 0 Å². The third-order valence-corrected chi connectivity index (χ3v) is 3.93. The van der Waals surface area contributed by atoms with Crippen molar-refractivity contribution in [3.05, 3.63) is 46.3 Å². The van der Waals surface area contributed by atoms with Crippen LogP contribution >= 0.6 is 0 Å². The smallest absolute Gasteiger partial charge is 0.336 e. The lowest BCUT2D eigenvalue weighted by Gasteiger charge is -2.18. The van der Waals surface area contributed by atoms with Crippen molar-refractivity contribution < 1.29 is 9.90 Å². The number of benzene rings is 1. The highest BCUT2D eigenvalue weighted by Crippen LogP contribution is 2.27. The van der Waals surface area contributed by atoms with Crippen LogP contribution in [0.5, 0.6) is 0 Å². The molecule has 0 radical (unpaired) electrons. The molecular weight excluding hydrogens is 266 g/mol. The van der Waals surface area contributed by atoms with Gasteiger partial charge in [0.1, 0.15) is 0 Å². The fraction of sp³-hybridized carbons (Fsp3) is 0.375. The first kappa shape index (κ1) is 15.1. The van der Waals surface area contributed by atoms with Gasteiger partial charge < -0.3 is 10.4 Å². The molecule has 5 heteroatoms. The predicted octanol–water partition coefficient (Wildman–Crippen LogP) is 3.22. The molecule has 1 heterocycles. The molecule has 2 aromatic rings. The highest BCUT2D eigenvalue weighted by molar-refractivity contribution is 5.91. The summed E-state index contributed by atoms with van der Waals surface area (Å²) in [4.78, 5) is 11.2. The second-order valence-corrected chi connectivity index (χ2v) is 5.36. The standard InChI is InChI=1S/C16H21N3O2/c1-9-13(16(20)21)7-6-8-14(9)17-10(2)15-11(3)18-19(5)12(15)4/h6-8,10,17H,1-5H3,(H,20,21). The first-order valence-electron chi connectivity index (χ1n) is 6.92. The molecule has 2 rings (SSSR count). The Morgan fingerprint density at radius 1 is 1.33 bits per heavy atom. The van der Waals surface area contributed by atoms with Crippen molar-refractivity contribution in [2.75, 3.05) is 5.32 Å². The normalized spacial score (nSPS) is 12.2. The van der Waals surface area contributed by atoms with Crippen molar-refractivity contribution in [3.63, 3.8) is 0 Å². The molecule has 0 bridgehead atoms. The number of rotatable bonds is 4. The van der Waals surface area contributed by atoms with Crippen LogP contribution in [0.2, 0.25) is 0 Å². The molecule has 1 aromatic carbocycles. The zero-order valence-electron chi connectivity index (χ0n) is 13.1. The number of carbonyl (C=O) groups is 1. The molecule has 0 saturated carbocycles. The number of nitrogens with one attached hydrogen (secondary N) is 1. The molecule has 0 saturated heterocycles. The van der Waals surface area contributed by atoms with Gasteiger partial charge in [-0.15, -0.1) is 0 Å². The number of carboxylic acids is 1. The van der Waals surface area contributed by atoms with Gasteiger partial charge in [0.25, 0.3) is 0 Å². The summed E-state index contributed by atoms with van der Waals surface area (Å²) >= 11 is 0. The van der Waals surface area contributed by atoms with Gasteiger partial charge in [0.05, 0.1) is 17.3 Å². The van der Waals surface area contributed by atoms with E-state index < -0.39 is 5.97 Å². The molecule has 1 unspecified atom stereocenters. The van der Waals surface area contributed by atoms with Crippen molar-refractivity contribution in [3.8, 4) is 0 Å². The maximum atomic E-state index is 11.2. The highest BCUT2D eigenvalue weighted by atomic mass is 16.4. The van der Waals surface area contributed by atoms with E-state index in [2.05, 4.69) is 17.3 Å². The second-order valence-electron chi connectivity index (χ2n) is 5.36. The fourth-order valence-corrected chi connectivity index (χ4v) is 2.75. The molecule has 2 N–H and O–H groups in total. The molecule has 0 fully saturated rings. The first-order chi connectivity index (χ1) is 9.82. The van der Waals surface area contributed by atoms with Gasteiger partial charge in [-0.1, -0.05) is 6.07 Å². The zero-order valence-corrected chi connectivity index (χ0v) is 13.1. The number of aromatic carboxylic acids is 1. The highest BCUT2D eigenvalue weighted by Gasteiger charge is 2.18. The Morgan fingerprint density at radius 2 is 2.00 bits per heavy atom. The Morgan fingerprint density at radius 3 is 2.52 bits per heavy atom. The summed E-state index contributed by atoms with van der Waals surface area (Å²) in [5.41, 5.74) is 5.16. The Kier molecular flexibility index (Phi) is 4.02. The number of aromatic nitrogens is 2. The number of nitrogens with zero attached hydrogens (tertiary/aromatic N) is 2. The van der Waals surface area contributed by atoms with Gasteiger partial charge in [0, 0.05) is 24.0 Å². The van der Waals surface area contributed by atoms with Crippen LogP contribution in [0.1, 0.15) is 45.8 Å². The molecule has 0 aliphatic heterocycles. The van der Waals surface area contributed by atoms with Gasteiger partial charge >= 0.3 is 5.97 Å². The number of hydrogen-bond donors (Lipinski definition) is 2. The molecule has 5 nitrogen and oxygen atoms in total. The summed E-state index contributed by atoms with van der Waals surface area (Å²) in [6, 6.07) is 5.34. The molecule has 1 atom stereocenters. The number of hydrogen-bond acceptors (Lipinski definition) is 3. The van der Waals surface area contributed by atoms with E-state index in [4.69, 9.17) is 0 Å². The van der Waals surface area contributed by atoms with Gasteiger partial charge in [-0.2, -0.15) is 5.10 Å². The lowest BCUT2D eigenvalue weighted by atomic mass is 10.0. The molecule has 1 aromatic heterocycles. The summed E-state index contributed by atoms with van der Waals surface area (Å²) in [5, 5.41) is 17.0. The van der Waals surface area contributed by atoms with Gasteiger partial charge in [-0.05, 0) is 45.4 Å². The minimum Gasteiger partial charge on any atom is -0.478 e. The van der Waals surface area contributed by atoms with Crippen LogP contribution in [0.3, 0.4) is 0 Å². The van der Waals surface area contributed by atoms with E-state index in [-0.39, 0.29) is 6.04 Å². The molecule has 112 valence electrons. The van der Waals surface area contributed by atoms with E-state index in [1.54, 1.807) is 12.1 Å². The van der Waals surface area contributed by atoms with E-state index in [1.165, 1.54) is 0 Å². The third kappa shape index (κ3) is 2.77. The number of anilines is 1. The Bertz CT molecular complexity index is 689. The van der Waals surface area contributed by atoms with E-state index in [9.17, 15) is 9.90 Å². The lowest BCUT2D eigenvalue weighted by molar-refractivity contribution is 0.0696.